The third kappa shape index (κ3) is 4.69. The van der Waals surface area contributed by atoms with Gasteiger partial charge >= 0.3 is 0 Å². The average molecular weight is 350 g/mol. The number of benzene rings is 2. The topological polar surface area (TPSA) is 29.1 Å². The third-order valence-electron chi connectivity index (χ3n) is 2.82. The molecule has 0 aliphatic carbocycles. The van der Waals surface area contributed by atoms with E-state index in [9.17, 15) is 4.79 Å². The summed E-state index contributed by atoms with van der Waals surface area (Å²) >= 11 is 5.05. The molecule has 104 valence electrons. The zero-order valence-corrected chi connectivity index (χ0v) is 13.6. The maximum atomic E-state index is 12.0. The molecule has 0 radical (unpaired) electrons. The third-order valence-corrected chi connectivity index (χ3v) is 4.57. The minimum atomic E-state index is -0.0844. The number of hydrogen-bond donors (Lipinski definition) is 1. The van der Waals surface area contributed by atoms with E-state index in [-0.39, 0.29) is 11.2 Å². The number of nitrogens with one attached hydrogen (secondary N) is 1. The molecule has 2 aromatic rings. The molecule has 0 saturated heterocycles. The van der Waals surface area contributed by atoms with Gasteiger partial charge in [0.25, 0.3) is 0 Å². The van der Waals surface area contributed by atoms with Crippen molar-refractivity contribution in [2.45, 2.75) is 17.9 Å². The summed E-state index contributed by atoms with van der Waals surface area (Å²) in [6, 6.07) is 17.7. The standard InChI is InChI=1S/C16H16BrNOS/c1-12(16(19)18-15-5-3-2-4-6-15)20-11-13-7-9-14(17)10-8-13/h2-10,12H,11H2,1H3,(H,18,19)/t12-/m0/s1. The van der Waals surface area contributed by atoms with E-state index < -0.39 is 0 Å². The molecule has 0 aromatic heterocycles. The van der Waals surface area contributed by atoms with Gasteiger partial charge in [0.1, 0.15) is 0 Å². The lowest BCUT2D eigenvalue weighted by molar-refractivity contribution is -0.115. The van der Waals surface area contributed by atoms with E-state index in [1.54, 1.807) is 11.8 Å². The van der Waals surface area contributed by atoms with E-state index in [2.05, 4.69) is 33.4 Å². The second-order valence-corrected chi connectivity index (χ2v) is 6.68. The van der Waals surface area contributed by atoms with Gasteiger partial charge in [-0.25, -0.2) is 0 Å². The quantitative estimate of drug-likeness (QED) is 0.846. The molecule has 1 amide bonds. The average Bonchev–Trinajstić information content (AvgIpc) is 2.47. The fraction of sp³-hybridized carbons (Fsp3) is 0.188. The highest BCUT2D eigenvalue weighted by Gasteiger charge is 2.13. The molecule has 0 aliphatic rings. The molecule has 0 fully saturated rings. The van der Waals surface area contributed by atoms with Gasteiger partial charge in [0, 0.05) is 15.9 Å². The van der Waals surface area contributed by atoms with Crippen molar-refractivity contribution in [1.29, 1.82) is 0 Å². The zero-order valence-electron chi connectivity index (χ0n) is 11.2. The Hall–Kier alpha value is -1.26. The Morgan fingerprint density at radius 2 is 1.80 bits per heavy atom. The molecule has 0 spiro atoms. The van der Waals surface area contributed by atoms with Crippen molar-refractivity contribution >= 4 is 39.3 Å². The molecule has 0 bridgehead atoms. The van der Waals surface area contributed by atoms with Crippen LogP contribution in [0.4, 0.5) is 5.69 Å². The van der Waals surface area contributed by atoms with Gasteiger partial charge in [-0.05, 0) is 36.8 Å². The van der Waals surface area contributed by atoms with E-state index in [4.69, 9.17) is 0 Å². The van der Waals surface area contributed by atoms with Crippen LogP contribution in [0.1, 0.15) is 12.5 Å². The Morgan fingerprint density at radius 3 is 2.45 bits per heavy atom. The number of amides is 1. The molecule has 0 saturated carbocycles. The largest absolute Gasteiger partial charge is 0.325 e. The van der Waals surface area contributed by atoms with E-state index in [0.29, 0.717) is 0 Å². The van der Waals surface area contributed by atoms with Crippen LogP contribution in [0.5, 0.6) is 0 Å². The summed E-state index contributed by atoms with van der Waals surface area (Å²) in [4.78, 5) is 12.0. The van der Waals surface area contributed by atoms with Gasteiger partial charge in [-0.2, -0.15) is 0 Å². The van der Waals surface area contributed by atoms with E-state index >= 15 is 0 Å². The molecule has 0 unspecified atom stereocenters. The molecule has 1 N–H and O–H groups in total. The number of thioether (sulfide) groups is 1. The highest BCUT2D eigenvalue weighted by atomic mass is 79.9. The first-order valence-electron chi connectivity index (χ1n) is 6.37. The van der Waals surface area contributed by atoms with Crippen LogP contribution >= 0.6 is 27.7 Å². The van der Waals surface area contributed by atoms with Gasteiger partial charge in [-0.3, -0.25) is 4.79 Å². The number of halogens is 1. The number of anilines is 1. The molecule has 0 heterocycles. The summed E-state index contributed by atoms with van der Waals surface area (Å²) < 4.78 is 1.07. The van der Waals surface area contributed by atoms with Gasteiger partial charge < -0.3 is 5.32 Å². The Kier molecular flexibility index (Phi) is 5.68. The fourth-order valence-corrected chi connectivity index (χ4v) is 2.75. The first-order chi connectivity index (χ1) is 9.65. The first kappa shape index (κ1) is 15.1. The van der Waals surface area contributed by atoms with Crippen molar-refractivity contribution in [1.82, 2.24) is 0 Å². The summed E-state index contributed by atoms with van der Waals surface area (Å²) in [5.74, 6) is 0.870. The number of hydrogen-bond acceptors (Lipinski definition) is 2. The lowest BCUT2D eigenvalue weighted by Crippen LogP contribution is -2.22. The second-order valence-electron chi connectivity index (χ2n) is 4.43. The molecular weight excluding hydrogens is 334 g/mol. The van der Waals surface area contributed by atoms with Gasteiger partial charge in [-0.1, -0.05) is 46.3 Å². The molecular formula is C16H16BrNOS. The van der Waals surface area contributed by atoms with Crippen molar-refractivity contribution in [3.8, 4) is 0 Å². The first-order valence-corrected chi connectivity index (χ1v) is 8.21. The smallest absolute Gasteiger partial charge is 0.237 e. The van der Waals surface area contributed by atoms with Crippen molar-refractivity contribution < 1.29 is 4.79 Å². The number of rotatable bonds is 5. The van der Waals surface area contributed by atoms with Crippen LogP contribution < -0.4 is 5.32 Å². The Balaban J connectivity index is 1.83. The number of carbonyl (C=O) groups is 1. The van der Waals surface area contributed by atoms with Crippen LogP contribution in [0, 0.1) is 0 Å². The van der Waals surface area contributed by atoms with Crippen LogP contribution in [0.2, 0.25) is 0 Å². The maximum Gasteiger partial charge on any atom is 0.237 e. The predicted octanol–water partition coefficient (Wildman–Crippen LogP) is 4.71. The van der Waals surface area contributed by atoms with Gasteiger partial charge in [0.05, 0.1) is 5.25 Å². The monoisotopic (exact) mass is 349 g/mol. The van der Waals surface area contributed by atoms with Crippen molar-refractivity contribution in [2.75, 3.05) is 5.32 Å². The van der Waals surface area contributed by atoms with Gasteiger partial charge in [0.15, 0.2) is 0 Å². The molecule has 4 heteroatoms. The maximum absolute atomic E-state index is 12.0. The van der Waals surface area contributed by atoms with Crippen LogP contribution in [-0.2, 0) is 10.5 Å². The Morgan fingerprint density at radius 1 is 1.15 bits per heavy atom. The van der Waals surface area contributed by atoms with Crippen LogP contribution in [0.25, 0.3) is 0 Å². The van der Waals surface area contributed by atoms with Crippen molar-refractivity contribution in [3.05, 3.63) is 64.6 Å². The SMILES string of the molecule is C[C@H](SCc1ccc(Br)cc1)C(=O)Nc1ccccc1. The van der Waals surface area contributed by atoms with Crippen molar-refractivity contribution in [2.24, 2.45) is 0 Å². The second kappa shape index (κ2) is 7.50. The molecule has 1 atom stereocenters. The Labute approximate surface area is 132 Å². The lowest BCUT2D eigenvalue weighted by Gasteiger charge is -2.12. The summed E-state index contributed by atoms with van der Waals surface area (Å²) in [6.45, 7) is 1.93. The van der Waals surface area contributed by atoms with Gasteiger partial charge in [-0.15, -0.1) is 11.8 Å². The summed E-state index contributed by atoms with van der Waals surface area (Å²) in [7, 11) is 0. The van der Waals surface area contributed by atoms with E-state index in [1.807, 2.05) is 49.4 Å². The summed E-state index contributed by atoms with van der Waals surface area (Å²) in [5, 5.41) is 2.84. The molecule has 2 rings (SSSR count). The highest BCUT2D eigenvalue weighted by molar-refractivity contribution is 9.10. The fourth-order valence-electron chi connectivity index (χ4n) is 1.64. The van der Waals surface area contributed by atoms with Crippen LogP contribution in [0.3, 0.4) is 0 Å². The highest BCUT2D eigenvalue weighted by Crippen LogP contribution is 2.20. The summed E-state index contributed by atoms with van der Waals surface area (Å²) in [6.07, 6.45) is 0. The molecule has 20 heavy (non-hydrogen) atoms. The zero-order chi connectivity index (χ0) is 14.4. The van der Waals surface area contributed by atoms with Crippen LogP contribution in [-0.4, -0.2) is 11.2 Å². The minimum absolute atomic E-state index is 0.0401. The molecule has 0 aliphatic heterocycles. The molecule has 2 aromatic carbocycles. The normalized spacial score (nSPS) is 11.9. The van der Waals surface area contributed by atoms with Gasteiger partial charge in [0.2, 0.25) is 5.91 Å². The minimum Gasteiger partial charge on any atom is -0.325 e. The number of para-hydroxylation sites is 1. The number of carbonyl (C=O) groups excluding carboxylic acids is 1. The molecule has 2 nitrogen and oxygen atoms in total. The Bertz CT molecular complexity index is 556. The summed E-state index contributed by atoms with van der Waals surface area (Å²) in [5.41, 5.74) is 2.06. The lowest BCUT2D eigenvalue weighted by atomic mass is 10.2. The van der Waals surface area contributed by atoms with E-state index in [0.717, 1.165) is 15.9 Å². The predicted molar refractivity (Wildman–Crippen MR) is 90.0 cm³/mol. The van der Waals surface area contributed by atoms with Crippen LogP contribution in [0.15, 0.2) is 59.1 Å². The van der Waals surface area contributed by atoms with Crippen molar-refractivity contribution in [3.63, 3.8) is 0 Å². The van der Waals surface area contributed by atoms with E-state index in [1.165, 1.54) is 5.56 Å².